The van der Waals surface area contributed by atoms with E-state index in [1.807, 2.05) is 38.1 Å². The number of fused-ring (bicyclic) bond motifs is 1. The van der Waals surface area contributed by atoms with Gasteiger partial charge in [0.1, 0.15) is 0 Å². The van der Waals surface area contributed by atoms with Crippen molar-refractivity contribution < 1.29 is 9.59 Å². The fourth-order valence-corrected chi connectivity index (χ4v) is 2.45. The second-order valence-corrected chi connectivity index (χ2v) is 6.16. The fraction of sp³-hybridized carbons (Fsp3) is 0.211. The molecule has 0 unspecified atom stereocenters. The zero-order valence-corrected chi connectivity index (χ0v) is 14.2. The number of carbonyl (C=O) groups excluding carboxylic acids is 2. The van der Waals surface area contributed by atoms with Crippen LogP contribution in [0.2, 0.25) is 0 Å². The summed E-state index contributed by atoms with van der Waals surface area (Å²) >= 11 is 0. The van der Waals surface area contributed by atoms with Gasteiger partial charge in [0.25, 0.3) is 11.8 Å². The molecule has 0 spiro atoms. The minimum Gasteiger partial charge on any atom is -0.350 e. The number of nitrogens with one attached hydrogen (secondary N) is 2. The Kier molecular flexibility index (Phi) is 4.79. The summed E-state index contributed by atoms with van der Waals surface area (Å²) in [5, 5.41) is 5.64. The lowest BCUT2D eigenvalue weighted by Gasteiger charge is -2.05. The number of nitrogens with zero attached hydrogens (tertiary/aromatic N) is 2. The summed E-state index contributed by atoms with van der Waals surface area (Å²) < 4.78 is 1.63. The second-order valence-electron chi connectivity index (χ2n) is 6.16. The van der Waals surface area contributed by atoms with Gasteiger partial charge in [0, 0.05) is 18.4 Å². The van der Waals surface area contributed by atoms with Crippen LogP contribution < -0.4 is 10.6 Å². The third-order valence-electron chi connectivity index (χ3n) is 3.67. The highest BCUT2D eigenvalue weighted by molar-refractivity contribution is 6.06. The lowest BCUT2D eigenvalue weighted by Crippen LogP contribution is -2.27. The molecule has 2 aromatic heterocycles. The first-order valence-corrected chi connectivity index (χ1v) is 8.18. The maximum atomic E-state index is 12.6. The summed E-state index contributed by atoms with van der Waals surface area (Å²) in [6.45, 7) is 4.59. The van der Waals surface area contributed by atoms with E-state index in [9.17, 15) is 9.59 Å². The average Bonchev–Trinajstić information content (AvgIpc) is 3.00. The van der Waals surface area contributed by atoms with Crippen molar-refractivity contribution in [2.45, 2.75) is 13.8 Å². The Morgan fingerprint density at radius 3 is 2.48 bits per heavy atom. The summed E-state index contributed by atoms with van der Waals surface area (Å²) in [7, 11) is 0. The molecule has 0 bridgehead atoms. The topological polar surface area (TPSA) is 75.5 Å². The minimum atomic E-state index is -0.365. The van der Waals surface area contributed by atoms with Crippen molar-refractivity contribution in [2.75, 3.05) is 11.9 Å². The minimum absolute atomic E-state index is 0.175. The van der Waals surface area contributed by atoms with Gasteiger partial charge in [-0.25, -0.2) is 4.98 Å². The number of hydrogen-bond acceptors (Lipinski definition) is 3. The van der Waals surface area contributed by atoms with E-state index in [0.717, 1.165) is 0 Å². The molecular formula is C19H20N4O2. The van der Waals surface area contributed by atoms with Gasteiger partial charge >= 0.3 is 0 Å². The number of pyridine rings is 1. The zero-order valence-electron chi connectivity index (χ0n) is 14.2. The van der Waals surface area contributed by atoms with E-state index >= 15 is 0 Å². The monoisotopic (exact) mass is 336 g/mol. The first kappa shape index (κ1) is 16.7. The van der Waals surface area contributed by atoms with Crippen molar-refractivity contribution in [2.24, 2.45) is 5.92 Å². The molecular weight excluding hydrogens is 316 g/mol. The van der Waals surface area contributed by atoms with E-state index in [-0.39, 0.29) is 23.3 Å². The standard InChI is InChI=1S/C19H20N4O2/c1-13(2)12-20-18(24)16-15-10-6-7-11-23(15)17(22-16)19(25)21-14-8-4-3-5-9-14/h3-11,13H,12H2,1-2H3,(H,20,24)(H,21,25). The molecule has 2 heterocycles. The van der Waals surface area contributed by atoms with Crippen molar-refractivity contribution in [1.82, 2.24) is 14.7 Å². The molecule has 0 atom stereocenters. The Balaban J connectivity index is 1.93. The number of benzene rings is 1. The van der Waals surface area contributed by atoms with Crippen molar-refractivity contribution >= 4 is 23.0 Å². The average molecular weight is 336 g/mol. The molecule has 0 saturated carbocycles. The first-order valence-electron chi connectivity index (χ1n) is 8.18. The first-order chi connectivity index (χ1) is 12.1. The summed E-state index contributed by atoms with van der Waals surface area (Å²) in [6, 6.07) is 14.5. The highest BCUT2D eigenvalue weighted by atomic mass is 16.2. The summed E-state index contributed by atoms with van der Waals surface area (Å²) in [4.78, 5) is 29.3. The second kappa shape index (κ2) is 7.17. The molecule has 0 radical (unpaired) electrons. The van der Waals surface area contributed by atoms with Gasteiger partial charge in [0.05, 0.1) is 5.52 Å². The Hall–Kier alpha value is -3.15. The molecule has 0 aliphatic carbocycles. The van der Waals surface area contributed by atoms with Gasteiger partial charge in [-0.3, -0.25) is 14.0 Å². The maximum Gasteiger partial charge on any atom is 0.292 e. The van der Waals surface area contributed by atoms with Crippen molar-refractivity contribution in [3.05, 3.63) is 66.2 Å². The lowest BCUT2D eigenvalue weighted by atomic mass is 10.2. The number of para-hydroxylation sites is 1. The van der Waals surface area contributed by atoms with Crippen LogP contribution in [0.4, 0.5) is 5.69 Å². The van der Waals surface area contributed by atoms with Gasteiger partial charge < -0.3 is 10.6 Å². The Bertz CT molecular complexity index is 900. The number of carbonyl (C=O) groups is 2. The normalized spacial score (nSPS) is 10.8. The smallest absolute Gasteiger partial charge is 0.292 e. The number of imidazole rings is 1. The van der Waals surface area contributed by atoms with Gasteiger partial charge in [0.2, 0.25) is 5.82 Å². The molecule has 2 amide bonds. The van der Waals surface area contributed by atoms with Crippen LogP contribution in [0.5, 0.6) is 0 Å². The fourth-order valence-electron chi connectivity index (χ4n) is 2.45. The number of amides is 2. The SMILES string of the molecule is CC(C)CNC(=O)c1nc(C(=O)Nc2ccccc2)n2ccccc12. The maximum absolute atomic E-state index is 12.6. The highest BCUT2D eigenvalue weighted by Crippen LogP contribution is 2.15. The Morgan fingerprint density at radius 2 is 1.76 bits per heavy atom. The van der Waals surface area contributed by atoms with Gasteiger partial charge in [-0.1, -0.05) is 38.1 Å². The summed E-state index contributed by atoms with van der Waals surface area (Å²) in [5.74, 6) is -0.140. The molecule has 2 N–H and O–H groups in total. The molecule has 0 fully saturated rings. The molecule has 3 rings (SSSR count). The van der Waals surface area contributed by atoms with Crippen LogP contribution in [0, 0.1) is 5.92 Å². The van der Waals surface area contributed by atoms with Gasteiger partial charge in [0.15, 0.2) is 5.69 Å². The molecule has 6 nitrogen and oxygen atoms in total. The summed E-state index contributed by atoms with van der Waals surface area (Å²) in [6.07, 6.45) is 1.72. The van der Waals surface area contributed by atoms with Crippen LogP contribution >= 0.6 is 0 Å². The third-order valence-corrected chi connectivity index (χ3v) is 3.67. The largest absolute Gasteiger partial charge is 0.350 e. The molecule has 6 heteroatoms. The van der Waals surface area contributed by atoms with Crippen LogP contribution in [0.25, 0.3) is 5.52 Å². The van der Waals surface area contributed by atoms with Crippen LogP contribution in [0.3, 0.4) is 0 Å². The Labute approximate surface area is 145 Å². The molecule has 128 valence electrons. The number of hydrogen-bond donors (Lipinski definition) is 2. The van der Waals surface area contributed by atoms with E-state index < -0.39 is 0 Å². The van der Waals surface area contributed by atoms with Gasteiger partial charge in [-0.05, 0) is 30.2 Å². The number of rotatable bonds is 5. The molecule has 25 heavy (non-hydrogen) atoms. The van der Waals surface area contributed by atoms with Crippen molar-refractivity contribution in [3.63, 3.8) is 0 Å². The Morgan fingerprint density at radius 1 is 1.04 bits per heavy atom. The van der Waals surface area contributed by atoms with E-state index in [1.54, 1.807) is 34.9 Å². The van der Waals surface area contributed by atoms with E-state index in [1.165, 1.54) is 0 Å². The van der Waals surface area contributed by atoms with E-state index in [4.69, 9.17) is 0 Å². The molecule has 1 aromatic carbocycles. The van der Waals surface area contributed by atoms with E-state index in [2.05, 4.69) is 15.6 Å². The third kappa shape index (κ3) is 3.68. The van der Waals surface area contributed by atoms with Crippen molar-refractivity contribution in [1.29, 1.82) is 0 Å². The molecule has 3 aromatic rings. The molecule has 0 saturated heterocycles. The predicted octanol–water partition coefficient (Wildman–Crippen LogP) is 2.97. The van der Waals surface area contributed by atoms with Crippen LogP contribution in [0.1, 0.15) is 35.0 Å². The van der Waals surface area contributed by atoms with Crippen LogP contribution in [0.15, 0.2) is 54.7 Å². The van der Waals surface area contributed by atoms with Crippen LogP contribution in [-0.2, 0) is 0 Å². The highest BCUT2D eigenvalue weighted by Gasteiger charge is 2.21. The summed E-state index contributed by atoms with van der Waals surface area (Å²) in [5.41, 5.74) is 1.52. The van der Waals surface area contributed by atoms with Gasteiger partial charge in [-0.15, -0.1) is 0 Å². The lowest BCUT2D eigenvalue weighted by molar-refractivity contribution is 0.0946. The number of anilines is 1. The zero-order chi connectivity index (χ0) is 17.8. The van der Waals surface area contributed by atoms with E-state index in [0.29, 0.717) is 23.7 Å². The van der Waals surface area contributed by atoms with Gasteiger partial charge in [-0.2, -0.15) is 0 Å². The number of aromatic nitrogens is 2. The predicted molar refractivity (Wildman–Crippen MR) is 96.8 cm³/mol. The quantitative estimate of drug-likeness (QED) is 0.752. The molecule has 0 aliphatic rings. The van der Waals surface area contributed by atoms with Crippen molar-refractivity contribution in [3.8, 4) is 0 Å². The molecule has 0 aliphatic heterocycles. The van der Waals surface area contributed by atoms with Crippen LogP contribution in [-0.4, -0.2) is 27.7 Å².